The predicted octanol–water partition coefficient (Wildman–Crippen LogP) is 0.141. The minimum Gasteiger partial charge on any atom is -0.459 e. The molecule has 2 amide bonds. The summed E-state index contributed by atoms with van der Waals surface area (Å²) in [7, 11) is -3.64. The topological polar surface area (TPSA) is 111 Å². The first-order valence-electron chi connectivity index (χ1n) is 6.72. The van der Waals surface area contributed by atoms with Crippen LogP contribution in [-0.4, -0.2) is 57.1 Å². The summed E-state index contributed by atoms with van der Waals surface area (Å²) < 4.78 is 37.1. The standard InChI is InChI=1S/C13H14N2O7S/c1-23(18,19)20-7-8-6-15(13(17)21-8)12-11(16)14-9-4-2-3-5-10(9)22-12/h2-5,8,12H,6-7H2,1H3,(H,14,16)/t8?,12-/m0/s1. The Kier molecular flexibility index (Phi) is 3.86. The molecule has 2 aliphatic rings. The van der Waals surface area contributed by atoms with E-state index in [4.69, 9.17) is 9.47 Å². The fourth-order valence-electron chi connectivity index (χ4n) is 2.27. The summed E-state index contributed by atoms with van der Waals surface area (Å²) in [6.07, 6.45) is -1.85. The Balaban J connectivity index is 1.70. The zero-order valence-electron chi connectivity index (χ0n) is 12.1. The molecule has 23 heavy (non-hydrogen) atoms. The smallest absolute Gasteiger partial charge is 0.413 e. The van der Waals surface area contributed by atoms with E-state index in [2.05, 4.69) is 9.50 Å². The van der Waals surface area contributed by atoms with E-state index in [0.717, 1.165) is 11.2 Å². The summed E-state index contributed by atoms with van der Waals surface area (Å²) >= 11 is 0. The molecule has 1 aromatic carbocycles. The molecule has 0 saturated carbocycles. The van der Waals surface area contributed by atoms with Crippen LogP contribution in [-0.2, 0) is 23.8 Å². The van der Waals surface area contributed by atoms with E-state index < -0.39 is 34.5 Å². The molecule has 9 nitrogen and oxygen atoms in total. The van der Waals surface area contributed by atoms with Gasteiger partial charge in [-0.15, -0.1) is 0 Å². The third kappa shape index (κ3) is 3.37. The van der Waals surface area contributed by atoms with Gasteiger partial charge in [-0.25, -0.2) is 4.79 Å². The summed E-state index contributed by atoms with van der Waals surface area (Å²) in [5.41, 5.74) is 0.512. The van der Waals surface area contributed by atoms with Crippen LogP contribution < -0.4 is 10.1 Å². The average Bonchev–Trinajstić information content (AvgIpc) is 2.85. The Morgan fingerprint density at radius 2 is 2.04 bits per heavy atom. The van der Waals surface area contributed by atoms with Crippen LogP contribution in [0, 0.1) is 0 Å². The van der Waals surface area contributed by atoms with Gasteiger partial charge < -0.3 is 14.8 Å². The number of hydrogen-bond acceptors (Lipinski definition) is 7. The molecule has 124 valence electrons. The first kappa shape index (κ1) is 15.6. The van der Waals surface area contributed by atoms with E-state index in [1.54, 1.807) is 24.3 Å². The molecular weight excluding hydrogens is 328 g/mol. The van der Waals surface area contributed by atoms with Gasteiger partial charge in [0.1, 0.15) is 18.5 Å². The Morgan fingerprint density at radius 3 is 2.78 bits per heavy atom. The zero-order valence-corrected chi connectivity index (χ0v) is 12.9. The summed E-state index contributed by atoms with van der Waals surface area (Å²) in [5, 5.41) is 2.64. The third-order valence-electron chi connectivity index (χ3n) is 3.26. The molecule has 0 aromatic heterocycles. The van der Waals surface area contributed by atoms with E-state index in [9.17, 15) is 18.0 Å². The summed E-state index contributed by atoms with van der Waals surface area (Å²) in [6.45, 7) is -0.333. The van der Waals surface area contributed by atoms with Crippen molar-refractivity contribution in [2.75, 3.05) is 24.7 Å². The zero-order chi connectivity index (χ0) is 16.6. The molecular formula is C13H14N2O7S. The molecule has 1 saturated heterocycles. The molecule has 10 heteroatoms. The minimum absolute atomic E-state index is 0.0192. The molecule has 1 fully saturated rings. The minimum atomic E-state index is -3.64. The van der Waals surface area contributed by atoms with Crippen LogP contribution in [0.5, 0.6) is 5.75 Å². The predicted molar refractivity (Wildman–Crippen MR) is 77.3 cm³/mol. The lowest BCUT2D eigenvalue weighted by Gasteiger charge is -2.30. The lowest BCUT2D eigenvalue weighted by molar-refractivity contribution is -0.129. The normalized spacial score (nSPS) is 23.8. The molecule has 1 aromatic rings. The molecule has 2 atom stereocenters. The summed E-state index contributed by atoms with van der Waals surface area (Å²) in [6, 6.07) is 6.81. The fraction of sp³-hybridized carbons (Fsp3) is 0.385. The summed E-state index contributed by atoms with van der Waals surface area (Å²) in [5.74, 6) is -0.0777. The molecule has 0 aliphatic carbocycles. The van der Waals surface area contributed by atoms with Crippen molar-refractivity contribution >= 4 is 27.8 Å². The molecule has 0 radical (unpaired) electrons. The first-order chi connectivity index (χ1) is 10.8. The number of nitrogens with one attached hydrogen (secondary N) is 1. The number of fused-ring (bicyclic) bond motifs is 1. The Morgan fingerprint density at radius 1 is 1.30 bits per heavy atom. The fourth-order valence-corrected chi connectivity index (χ4v) is 2.66. The van der Waals surface area contributed by atoms with Crippen LogP contribution in [0.15, 0.2) is 24.3 Å². The van der Waals surface area contributed by atoms with E-state index in [1.165, 1.54) is 0 Å². The highest BCUT2D eigenvalue weighted by Gasteiger charge is 2.43. The molecule has 1 unspecified atom stereocenters. The Labute approximate surface area is 132 Å². The van der Waals surface area contributed by atoms with Crippen LogP contribution in [0.25, 0.3) is 0 Å². The number of anilines is 1. The number of benzene rings is 1. The molecule has 2 heterocycles. The highest BCUT2D eigenvalue weighted by atomic mass is 32.2. The molecule has 1 N–H and O–H groups in total. The lowest BCUT2D eigenvalue weighted by atomic mass is 10.2. The largest absolute Gasteiger partial charge is 0.459 e. The molecule has 0 bridgehead atoms. The van der Waals surface area contributed by atoms with Crippen LogP contribution in [0.1, 0.15) is 0 Å². The number of amides is 2. The van der Waals surface area contributed by atoms with Gasteiger partial charge in [0.2, 0.25) is 0 Å². The van der Waals surface area contributed by atoms with Crippen molar-refractivity contribution in [2.45, 2.75) is 12.3 Å². The van der Waals surface area contributed by atoms with Gasteiger partial charge in [0, 0.05) is 0 Å². The van der Waals surface area contributed by atoms with Gasteiger partial charge in [0.05, 0.1) is 18.5 Å². The van der Waals surface area contributed by atoms with Crippen LogP contribution >= 0.6 is 0 Å². The number of rotatable bonds is 4. The van der Waals surface area contributed by atoms with Crippen molar-refractivity contribution in [3.05, 3.63) is 24.3 Å². The molecule has 0 spiro atoms. The van der Waals surface area contributed by atoms with Crippen molar-refractivity contribution < 1.29 is 31.7 Å². The number of para-hydroxylation sites is 2. The van der Waals surface area contributed by atoms with Crippen molar-refractivity contribution in [1.29, 1.82) is 0 Å². The number of hydrogen-bond donors (Lipinski definition) is 1. The SMILES string of the molecule is CS(=O)(=O)OCC1CN([C@H]2Oc3ccccc3NC2=O)C(=O)O1. The number of nitrogens with zero attached hydrogens (tertiary/aromatic N) is 1. The van der Waals surface area contributed by atoms with E-state index in [0.29, 0.717) is 11.4 Å². The van der Waals surface area contributed by atoms with Gasteiger partial charge in [-0.1, -0.05) is 12.1 Å². The van der Waals surface area contributed by atoms with E-state index in [1.807, 2.05) is 0 Å². The van der Waals surface area contributed by atoms with E-state index in [-0.39, 0.29) is 13.2 Å². The second-order valence-electron chi connectivity index (χ2n) is 5.10. The lowest BCUT2D eigenvalue weighted by Crippen LogP contribution is -2.50. The maximum atomic E-state index is 12.1. The molecule has 2 aliphatic heterocycles. The van der Waals surface area contributed by atoms with Gasteiger partial charge in [0.25, 0.3) is 22.3 Å². The van der Waals surface area contributed by atoms with E-state index >= 15 is 0 Å². The maximum Gasteiger partial charge on any atom is 0.413 e. The van der Waals surface area contributed by atoms with Crippen molar-refractivity contribution in [2.24, 2.45) is 0 Å². The van der Waals surface area contributed by atoms with Gasteiger partial charge in [-0.3, -0.25) is 13.9 Å². The number of carbonyl (C=O) groups is 2. The van der Waals surface area contributed by atoms with Crippen LogP contribution in [0.3, 0.4) is 0 Å². The number of carbonyl (C=O) groups excluding carboxylic acids is 2. The third-order valence-corrected chi connectivity index (χ3v) is 3.83. The van der Waals surface area contributed by atoms with Crippen molar-refractivity contribution in [3.8, 4) is 5.75 Å². The van der Waals surface area contributed by atoms with Gasteiger partial charge >= 0.3 is 6.09 Å². The first-order valence-corrected chi connectivity index (χ1v) is 8.53. The van der Waals surface area contributed by atoms with Gasteiger partial charge in [-0.2, -0.15) is 8.42 Å². The average molecular weight is 342 g/mol. The van der Waals surface area contributed by atoms with Crippen molar-refractivity contribution in [3.63, 3.8) is 0 Å². The monoisotopic (exact) mass is 342 g/mol. The Bertz CT molecular complexity index is 748. The highest BCUT2D eigenvalue weighted by molar-refractivity contribution is 7.85. The second kappa shape index (κ2) is 5.70. The quantitative estimate of drug-likeness (QED) is 0.775. The van der Waals surface area contributed by atoms with Crippen LogP contribution in [0.4, 0.5) is 10.5 Å². The maximum absolute atomic E-state index is 12.1. The molecule has 3 rings (SSSR count). The Hall–Kier alpha value is -2.33. The van der Waals surface area contributed by atoms with Gasteiger partial charge in [0.15, 0.2) is 0 Å². The highest BCUT2D eigenvalue weighted by Crippen LogP contribution is 2.31. The second-order valence-corrected chi connectivity index (χ2v) is 6.75. The van der Waals surface area contributed by atoms with Crippen LogP contribution in [0.2, 0.25) is 0 Å². The van der Waals surface area contributed by atoms with Gasteiger partial charge in [-0.05, 0) is 12.1 Å². The van der Waals surface area contributed by atoms with Crippen molar-refractivity contribution in [1.82, 2.24) is 4.90 Å². The summed E-state index contributed by atoms with van der Waals surface area (Å²) in [4.78, 5) is 25.1. The number of ether oxygens (including phenoxy) is 2. The number of cyclic esters (lactones) is 1.